The van der Waals surface area contributed by atoms with Crippen molar-refractivity contribution in [3.63, 3.8) is 0 Å². The molecule has 2 aromatic heterocycles. The lowest BCUT2D eigenvalue weighted by Gasteiger charge is -2.04. The maximum Gasteiger partial charge on any atom is 0.306 e. The summed E-state index contributed by atoms with van der Waals surface area (Å²) in [4.78, 5) is 28.9. The van der Waals surface area contributed by atoms with Crippen molar-refractivity contribution in [2.24, 2.45) is 0 Å². The second-order valence-corrected chi connectivity index (χ2v) is 6.71. The van der Waals surface area contributed by atoms with E-state index in [1.807, 2.05) is 30.3 Å². The number of hydrogen-bond donors (Lipinski definition) is 0. The molecule has 0 aliphatic heterocycles. The van der Waals surface area contributed by atoms with E-state index in [4.69, 9.17) is 9.47 Å². The van der Waals surface area contributed by atoms with E-state index in [0.29, 0.717) is 30.1 Å². The fourth-order valence-corrected chi connectivity index (χ4v) is 3.28. The Morgan fingerprint density at radius 1 is 1.23 bits per heavy atom. The van der Waals surface area contributed by atoms with Crippen molar-refractivity contribution < 1.29 is 14.3 Å². The number of carbonyl (C=O) groups is 1. The van der Waals surface area contributed by atoms with Gasteiger partial charge in [0, 0.05) is 26.0 Å². The molecule has 3 aromatic rings. The topological polar surface area (TPSA) is 82.8 Å². The molecule has 0 aliphatic carbocycles. The molecule has 136 valence electrons. The Balaban J connectivity index is 1.59. The largest absolute Gasteiger partial charge is 0.459 e. The highest BCUT2D eigenvalue weighted by Gasteiger charge is 2.11. The summed E-state index contributed by atoms with van der Waals surface area (Å²) in [5, 5.41) is 4.99. The first-order valence-corrected chi connectivity index (χ1v) is 9.04. The summed E-state index contributed by atoms with van der Waals surface area (Å²) < 4.78 is 11.5. The molecular weight excluding hydrogens is 354 g/mol. The Bertz CT molecular complexity index is 937. The van der Waals surface area contributed by atoms with Crippen LogP contribution in [-0.4, -0.2) is 34.3 Å². The average molecular weight is 373 g/mol. The molecule has 0 amide bonds. The van der Waals surface area contributed by atoms with Gasteiger partial charge in [0.15, 0.2) is 0 Å². The van der Waals surface area contributed by atoms with Gasteiger partial charge in [-0.15, -0.1) is 0 Å². The van der Waals surface area contributed by atoms with Crippen LogP contribution in [0.25, 0.3) is 4.96 Å². The van der Waals surface area contributed by atoms with Gasteiger partial charge in [0.2, 0.25) is 4.96 Å². The van der Waals surface area contributed by atoms with Gasteiger partial charge in [-0.05, 0) is 12.0 Å². The van der Waals surface area contributed by atoms with Gasteiger partial charge in [-0.25, -0.2) is 4.98 Å². The smallest absolute Gasteiger partial charge is 0.306 e. The van der Waals surface area contributed by atoms with Gasteiger partial charge in [0.05, 0.1) is 12.3 Å². The molecule has 0 spiro atoms. The summed E-state index contributed by atoms with van der Waals surface area (Å²) in [5.41, 5.74) is 1.21. The Morgan fingerprint density at radius 2 is 2.04 bits per heavy atom. The number of fused-ring (bicyclic) bond motifs is 1. The number of aryl methyl sites for hydroxylation is 1. The molecule has 0 saturated carbocycles. The van der Waals surface area contributed by atoms with Crippen molar-refractivity contribution in [1.29, 1.82) is 0 Å². The number of nitrogens with zero attached hydrogens (tertiary/aromatic N) is 3. The van der Waals surface area contributed by atoms with Crippen molar-refractivity contribution >= 4 is 22.3 Å². The minimum absolute atomic E-state index is 0.0231. The van der Waals surface area contributed by atoms with E-state index in [9.17, 15) is 9.59 Å². The SMILES string of the molecule is COCCc1nn2c(=O)cc(COC(=O)CCc3ccccc3)nc2s1. The number of ether oxygens (including phenoxy) is 2. The predicted octanol–water partition coefficient (Wildman–Crippen LogP) is 2.02. The molecule has 0 saturated heterocycles. The molecule has 7 nitrogen and oxygen atoms in total. The Kier molecular flexibility index (Phi) is 6.08. The first-order valence-electron chi connectivity index (χ1n) is 8.23. The van der Waals surface area contributed by atoms with Crippen LogP contribution in [-0.2, 0) is 33.7 Å². The number of aromatic nitrogens is 3. The summed E-state index contributed by atoms with van der Waals surface area (Å²) in [6.45, 7) is 0.505. The van der Waals surface area contributed by atoms with Crippen LogP contribution < -0.4 is 5.56 Å². The normalized spacial score (nSPS) is 11.0. The quantitative estimate of drug-likeness (QED) is 0.562. The average Bonchev–Trinajstić information content (AvgIpc) is 3.07. The molecule has 0 aliphatic rings. The van der Waals surface area contributed by atoms with Crippen LogP contribution in [0.5, 0.6) is 0 Å². The van der Waals surface area contributed by atoms with Crippen molar-refractivity contribution in [2.45, 2.75) is 25.9 Å². The van der Waals surface area contributed by atoms with Crippen molar-refractivity contribution in [3.8, 4) is 0 Å². The van der Waals surface area contributed by atoms with E-state index in [2.05, 4.69) is 10.1 Å². The van der Waals surface area contributed by atoms with Gasteiger partial charge in [0.25, 0.3) is 5.56 Å². The van der Waals surface area contributed by atoms with E-state index in [1.54, 1.807) is 7.11 Å². The van der Waals surface area contributed by atoms with Crippen molar-refractivity contribution in [1.82, 2.24) is 14.6 Å². The number of rotatable bonds is 8. The zero-order valence-electron chi connectivity index (χ0n) is 14.4. The Labute approximate surface area is 154 Å². The van der Waals surface area contributed by atoms with Crippen LogP contribution in [0.2, 0.25) is 0 Å². The third-order valence-electron chi connectivity index (χ3n) is 3.70. The van der Waals surface area contributed by atoms with Gasteiger partial charge in [0.1, 0.15) is 11.6 Å². The second kappa shape index (κ2) is 8.68. The van der Waals surface area contributed by atoms with Gasteiger partial charge in [-0.3, -0.25) is 9.59 Å². The van der Waals surface area contributed by atoms with E-state index in [1.165, 1.54) is 21.9 Å². The van der Waals surface area contributed by atoms with Gasteiger partial charge in [-0.2, -0.15) is 9.61 Å². The van der Waals surface area contributed by atoms with Gasteiger partial charge >= 0.3 is 5.97 Å². The molecule has 1 aromatic carbocycles. The summed E-state index contributed by atoms with van der Waals surface area (Å²) in [6.07, 6.45) is 1.52. The van der Waals surface area contributed by atoms with E-state index < -0.39 is 0 Å². The number of methoxy groups -OCH3 is 1. The van der Waals surface area contributed by atoms with E-state index in [0.717, 1.165) is 10.6 Å². The van der Waals surface area contributed by atoms with E-state index in [-0.39, 0.29) is 24.6 Å². The fourth-order valence-electron chi connectivity index (χ4n) is 2.38. The summed E-state index contributed by atoms with van der Waals surface area (Å²) >= 11 is 1.33. The molecule has 0 bridgehead atoms. The second-order valence-electron chi connectivity index (χ2n) is 5.66. The van der Waals surface area contributed by atoms with Gasteiger partial charge in [-0.1, -0.05) is 41.7 Å². The standard InChI is InChI=1S/C18H19N3O4S/c1-24-10-9-15-20-21-16(22)11-14(19-18(21)26-15)12-25-17(23)8-7-13-5-3-2-4-6-13/h2-6,11H,7-10,12H2,1H3. The minimum atomic E-state index is -0.319. The van der Waals surface area contributed by atoms with Crippen LogP contribution >= 0.6 is 11.3 Å². The monoisotopic (exact) mass is 373 g/mol. The Hall–Kier alpha value is -2.58. The molecule has 0 radical (unpaired) electrons. The van der Waals surface area contributed by atoms with Crippen LogP contribution in [0.1, 0.15) is 22.7 Å². The first-order chi connectivity index (χ1) is 12.7. The fraction of sp³-hybridized carbons (Fsp3) is 0.333. The molecule has 0 fully saturated rings. The third kappa shape index (κ3) is 4.74. The highest BCUT2D eigenvalue weighted by Crippen LogP contribution is 2.12. The zero-order chi connectivity index (χ0) is 18.4. The Morgan fingerprint density at radius 3 is 2.81 bits per heavy atom. The zero-order valence-corrected chi connectivity index (χ0v) is 15.2. The first kappa shape index (κ1) is 18.2. The molecule has 0 unspecified atom stereocenters. The predicted molar refractivity (Wildman–Crippen MR) is 97.3 cm³/mol. The number of benzene rings is 1. The minimum Gasteiger partial charge on any atom is -0.459 e. The van der Waals surface area contributed by atoms with Crippen molar-refractivity contribution in [3.05, 3.63) is 63.0 Å². The van der Waals surface area contributed by atoms with Gasteiger partial charge < -0.3 is 9.47 Å². The van der Waals surface area contributed by atoms with Crippen LogP contribution in [0.4, 0.5) is 0 Å². The molecule has 3 rings (SSSR count). The lowest BCUT2D eigenvalue weighted by atomic mass is 10.1. The third-order valence-corrected chi connectivity index (χ3v) is 4.67. The highest BCUT2D eigenvalue weighted by molar-refractivity contribution is 7.16. The van der Waals surface area contributed by atoms with Crippen molar-refractivity contribution in [2.75, 3.05) is 13.7 Å². The molecule has 26 heavy (non-hydrogen) atoms. The molecule has 0 N–H and O–H groups in total. The summed E-state index contributed by atoms with van der Waals surface area (Å²) in [7, 11) is 1.61. The maximum absolute atomic E-state index is 12.1. The lowest BCUT2D eigenvalue weighted by Crippen LogP contribution is -2.17. The van der Waals surface area contributed by atoms with Crippen LogP contribution in [0.3, 0.4) is 0 Å². The number of esters is 1. The van der Waals surface area contributed by atoms with Crippen LogP contribution in [0, 0.1) is 0 Å². The summed E-state index contributed by atoms with van der Waals surface area (Å²) in [6, 6.07) is 11.1. The molecule has 0 atom stereocenters. The molecular formula is C18H19N3O4S. The highest BCUT2D eigenvalue weighted by atomic mass is 32.1. The van der Waals surface area contributed by atoms with Crippen LogP contribution in [0.15, 0.2) is 41.2 Å². The number of carbonyl (C=O) groups excluding carboxylic acids is 1. The van der Waals surface area contributed by atoms with E-state index >= 15 is 0 Å². The lowest BCUT2D eigenvalue weighted by molar-refractivity contribution is -0.145. The number of hydrogen-bond acceptors (Lipinski definition) is 7. The maximum atomic E-state index is 12.1. The summed E-state index contributed by atoms with van der Waals surface area (Å²) in [5.74, 6) is -0.319. The molecule has 2 heterocycles. The molecule has 8 heteroatoms.